The van der Waals surface area contributed by atoms with Crippen LogP contribution in [-0.4, -0.2) is 31.8 Å². The summed E-state index contributed by atoms with van der Waals surface area (Å²) in [5.74, 6) is 0. The van der Waals surface area contributed by atoms with Gasteiger partial charge in [0.15, 0.2) is 0 Å². The second kappa shape index (κ2) is 6.23. The number of benzene rings is 1. The Morgan fingerprint density at radius 1 is 1.33 bits per heavy atom. The fourth-order valence-corrected chi connectivity index (χ4v) is 2.64. The van der Waals surface area contributed by atoms with Crippen molar-refractivity contribution in [1.82, 2.24) is 0 Å². The van der Waals surface area contributed by atoms with Gasteiger partial charge in [0.25, 0.3) is 0 Å². The van der Waals surface area contributed by atoms with E-state index in [2.05, 4.69) is 0 Å². The summed E-state index contributed by atoms with van der Waals surface area (Å²) in [4.78, 5) is 1.97. The normalized spacial score (nSPS) is 23.4. The molecule has 0 aromatic heterocycles. The maximum atomic E-state index is 13.2. The molecule has 118 valence electrons. The van der Waals surface area contributed by atoms with E-state index < -0.39 is 11.7 Å². The highest BCUT2D eigenvalue weighted by Gasteiger charge is 2.34. The Morgan fingerprint density at radius 2 is 2.05 bits per heavy atom. The molecule has 6 heteroatoms. The summed E-state index contributed by atoms with van der Waals surface area (Å²) in [6.07, 6.45) is -4.12. The van der Waals surface area contributed by atoms with Gasteiger partial charge in [-0.1, -0.05) is 6.07 Å². The topological polar surface area (TPSA) is 38.5 Å². The lowest BCUT2D eigenvalue weighted by atomic mass is 10.0. The van der Waals surface area contributed by atoms with E-state index in [0.717, 1.165) is 0 Å². The molecule has 1 aromatic carbocycles. The average Bonchev–Trinajstić information content (AvgIpc) is 2.41. The molecule has 1 aliphatic rings. The van der Waals surface area contributed by atoms with Crippen molar-refractivity contribution < 1.29 is 17.9 Å². The van der Waals surface area contributed by atoms with Crippen molar-refractivity contribution in [2.45, 2.75) is 38.6 Å². The van der Waals surface area contributed by atoms with Gasteiger partial charge in [-0.05, 0) is 44.5 Å². The summed E-state index contributed by atoms with van der Waals surface area (Å²) in [7, 11) is 0. The van der Waals surface area contributed by atoms with Crippen LogP contribution in [0.15, 0.2) is 18.2 Å². The molecule has 0 amide bonds. The van der Waals surface area contributed by atoms with Crippen LogP contribution in [0.25, 0.3) is 0 Å². The Bertz CT molecular complexity index is 490. The van der Waals surface area contributed by atoms with Gasteiger partial charge in [0.2, 0.25) is 0 Å². The van der Waals surface area contributed by atoms with Crippen molar-refractivity contribution in [3.05, 3.63) is 29.3 Å². The SMILES string of the molecule is CC1CN(c2ccc(CCN)c(C(F)(F)F)c2)C(C)CO1. The molecule has 0 bridgehead atoms. The van der Waals surface area contributed by atoms with Gasteiger partial charge in [-0.2, -0.15) is 13.2 Å². The van der Waals surface area contributed by atoms with E-state index in [1.807, 2.05) is 18.7 Å². The lowest BCUT2D eigenvalue weighted by Gasteiger charge is -2.39. The number of hydrogen-bond acceptors (Lipinski definition) is 3. The highest BCUT2D eigenvalue weighted by molar-refractivity contribution is 5.53. The van der Waals surface area contributed by atoms with E-state index >= 15 is 0 Å². The molecule has 2 rings (SSSR count). The van der Waals surface area contributed by atoms with Gasteiger partial charge in [0.1, 0.15) is 0 Å². The van der Waals surface area contributed by atoms with E-state index in [-0.39, 0.29) is 30.7 Å². The number of alkyl halides is 3. The lowest BCUT2D eigenvalue weighted by molar-refractivity contribution is -0.138. The predicted molar refractivity (Wildman–Crippen MR) is 76.4 cm³/mol. The van der Waals surface area contributed by atoms with Gasteiger partial charge < -0.3 is 15.4 Å². The summed E-state index contributed by atoms with van der Waals surface area (Å²) < 4.78 is 45.1. The Kier molecular flexibility index (Phi) is 4.78. The number of hydrogen-bond donors (Lipinski definition) is 1. The van der Waals surface area contributed by atoms with E-state index in [1.54, 1.807) is 6.07 Å². The van der Waals surface area contributed by atoms with Crippen LogP contribution in [-0.2, 0) is 17.3 Å². The number of rotatable bonds is 3. The third-order valence-corrected chi connectivity index (χ3v) is 3.75. The third kappa shape index (κ3) is 3.68. The summed E-state index contributed by atoms with van der Waals surface area (Å²) in [6.45, 7) is 5.19. The van der Waals surface area contributed by atoms with Crippen LogP contribution in [0.4, 0.5) is 18.9 Å². The molecular formula is C15H21F3N2O. The zero-order valence-electron chi connectivity index (χ0n) is 12.3. The molecule has 2 unspecified atom stereocenters. The number of anilines is 1. The van der Waals surface area contributed by atoms with Gasteiger partial charge in [-0.15, -0.1) is 0 Å². The zero-order valence-corrected chi connectivity index (χ0v) is 12.3. The standard InChI is InChI=1S/C15H21F3N2O/c1-10-9-21-11(2)8-20(10)13-4-3-12(5-6-19)14(7-13)15(16,17)18/h3-4,7,10-11H,5-6,8-9,19H2,1-2H3. The van der Waals surface area contributed by atoms with Crippen LogP contribution < -0.4 is 10.6 Å². The first-order chi connectivity index (χ1) is 9.82. The second-order valence-corrected chi connectivity index (χ2v) is 5.52. The third-order valence-electron chi connectivity index (χ3n) is 3.75. The Balaban J connectivity index is 2.36. The number of halogens is 3. The molecule has 2 N–H and O–H groups in total. The van der Waals surface area contributed by atoms with Crippen molar-refractivity contribution in [2.24, 2.45) is 5.73 Å². The first-order valence-electron chi connectivity index (χ1n) is 7.11. The number of nitrogens with zero attached hydrogens (tertiary/aromatic N) is 1. The summed E-state index contributed by atoms with van der Waals surface area (Å²) in [6, 6.07) is 4.58. The minimum absolute atomic E-state index is 0.0132. The summed E-state index contributed by atoms with van der Waals surface area (Å²) in [5.41, 5.74) is 5.65. The molecule has 21 heavy (non-hydrogen) atoms. The molecular weight excluding hydrogens is 281 g/mol. The molecule has 1 fully saturated rings. The fraction of sp³-hybridized carbons (Fsp3) is 0.600. The predicted octanol–water partition coefficient (Wildman–Crippen LogP) is 2.82. The molecule has 0 saturated carbocycles. The van der Waals surface area contributed by atoms with Gasteiger partial charge in [0, 0.05) is 18.3 Å². The number of nitrogens with two attached hydrogens (primary N) is 1. The first-order valence-corrected chi connectivity index (χ1v) is 7.11. The van der Waals surface area contributed by atoms with Crippen LogP contribution in [0.5, 0.6) is 0 Å². The van der Waals surface area contributed by atoms with Crippen LogP contribution in [0, 0.1) is 0 Å². The zero-order chi connectivity index (χ0) is 15.6. The molecule has 2 atom stereocenters. The molecule has 1 aromatic rings. The maximum absolute atomic E-state index is 13.2. The highest BCUT2D eigenvalue weighted by atomic mass is 19.4. The number of morpholine rings is 1. The molecule has 0 aliphatic carbocycles. The Morgan fingerprint density at radius 3 is 2.67 bits per heavy atom. The summed E-state index contributed by atoms with van der Waals surface area (Å²) >= 11 is 0. The monoisotopic (exact) mass is 302 g/mol. The van der Waals surface area contributed by atoms with E-state index in [1.165, 1.54) is 12.1 Å². The number of ether oxygens (including phenoxy) is 1. The van der Waals surface area contributed by atoms with Crippen LogP contribution in [0.1, 0.15) is 25.0 Å². The molecule has 1 aliphatic heterocycles. The van der Waals surface area contributed by atoms with E-state index in [4.69, 9.17) is 10.5 Å². The van der Waals surface area contributed by atoms with Gasteiger partial charge in [-0.3, -0.25) is 0 Å². The second-order valence-electron chi connectivity index (χ2n) is 5.52. The molecule has 1 heterocycles. The fourth-order valence-electron chi connectivity index (χ4n) is 2.64. The van der Waals surface area contributed by atoms with E-state index in [0.29, 0.717) is 18.8 Å². The largest absolute Gasteiger partial charge is 0.416 e. The first kappa shape index (κ1) is 16.1. The van der Waals surface area contributed by atoms with Crippen LogP contribution >= 0.6 is 0 Å². The molecule has 0 spiro atoms. The smallest absolute Gasteiger partial charge is 0.375 e. The molecule has 3 nitrogen and oxygen atoms in total. The Hall–Kier alpha value is -1.27. The van der Waals surface area contributed by atoms with Crippen molar-refractivity contribution in [3.8, 4) is 0 Å². The van der Waals surface area contributed by atoms with Crippen molar-refractivity contribution in [2.75, 3.05) is 24.6 Å². The van der Waals surface area contributed by atoms with Crippen molar-refractivity contribution in [1.29, 1.82) is 0 Å². The highest BCUT2D eigenvalue weighted by Crippen LogP contribution is 2.35. The van der Waals surface area contributed by atoms with E-state index in [9.17, 15) is 13.2 Å². The van der Waals surface area contributed by atoms with Crippen molar-refractivity contribution >= 4 is 5.69 Å². The maximum Gasteiger partial charge on any atom is 0.416 e. The molecule has 1 saturated heterocycles. The van der Waals surface area contributed by atoms with Gasteiger partial charge in [0.05, 0.1) is 18.3 Å². The molecule has 0 radical (unpaired) electrons. The van der Waals surface area contributed by atoms with Crippen molar-refractivity contribution in [3.63, 3.8) is 0 Å². The van der Waals surface area contributed by atoms with Crippen LogP contribution in [0.3, 0.4) is 0 Å². The van der Waals surface area contributed by atoms with Crippen LogP contribution in [0.2, 0.25) is 0 Å². The minimum Gasteiger partial charge on any atom is -0.375 e. The summed E-state index contributed by atoms with van der Waals surface area (Å²) in [5, 5.41) is 0. The quantitative estimate of drug-likeness (QED) is 0.933. The lowest BCUT2D eigenvalue weighted by Crippen LogP contribution is -2.47. The minimum atomic E-state index is -4.36. The van der Waals surface area contributed by atoms with Gasteiger partial charge in [-0.25, -0.2) is 0 Å². The van der Waals surface area contributed by atoms with Gasteiger partial charge >= 0.3 is 6.18 Å². The Labute approximate surface area is 122 Å². The average molecular weight is 302 g/mol.